The summed E-state index contributed by atoms with van der Waals surface area (Å²) in [5, 5.41) is 5.50. The third kappa shape index (κ3) is 4.01. The largest absolute Gasteiger partial charge is 0.491 e. The van der Waals surface area contributed by atoms with Crippen molar-refractivity contribution in [1.29, 1.82) is 0 Å². The molecule has 9 nitrogen and oxygen atoms in total. The quantitative estimate of drug-likeness (QED) is 0.413. The highest BCUT2D eigenvalue weighted by atomic mass is 19.2. The number of fused-ring (bicyclic) bond motifs is 1. The Labute approximate surface area is 209 Å². The van der Waals surface area contributed by atoms with E-state index in [-0.39, 0.29) is 12.1 Å². The summed E-state index contributed by atoms with van der Waals surface area (Å²) in [5.41, 5.74) is 2.02. The van der Waals surface area contributed by atoms with Crippen LogP contribution in [0.5, 0.6) is 5.75 Å². The second-order valence-corrected chi connectivity index (χ2v) is 9.37. The molecule has 5 heterocycles. The minimum atomic E-state index is -1.44. The maximum Gasteiger partial charge on any atom is 0.257 e. The molecule has 0 atom stereocenters. The Kier molecular flexibility index (Phi) is 5.82. The zero-order chi connectivity index (χ0) is 25.7. The SMILES string of the molecule is COc1c(F)c(F)cc(C(=O)N2CCC(N3CC(n4cc(-c5ncnc6[nH]ccc56)cn4)C3)CC2)c1F. The smallest absolute Gasteiger partial charge is 0.257 e. The average Bonchev–Trinajstić information content (AvgIpc) is 3.56. The molecule has 1 amide bonds. The zero-order valence-corrected chi connectivity index (χ0v) is 20.0. The number of H-pyrrole nitrogens is 1. The van der Waals surface area contributed by atoms with Crippen LogP contribution >= 0.6 is 0 Å². The lowest BCUT2D eigenvalue weighted by atomic mass is 9.97. The standard InChI is InChI=1S/C25H24F3N7O2/c1-37-23-20(27)18(8-19(26)21(23)28)25(36)33-6-3-15(4-7-33)34-11-16(12-34)35-10-14(9-32-35)22-17-2-5-29-24(17)31-13-30-22/h2,5,8-10,13,15-16H,3-4,6-7,11-12H2,1H3,(H,29,30,31). The fourth-order valence-electron chi connectivity index (χ4n) is 5.24. The normalized spacial score (nSPS) is 17.4. The lowest BCUT2D eigenvalue weighted by Crippen LogP contribution is -2.56. The van der Waals surface area contributed by atoms with Gasteiger partial charge in [0.15, 0.2) is 17.4 Å². The van der Waals surface area contributed by atoms with Crippen LogP contribution in [-0.2, 0) is 0 Å². The second-order valence-electron chi connectivity index (χ2n) is 9.37. The number of hydrogen-bond donors (Lipinski definition) is 1. The van der Waals surface area contributed by atoms with E-state index >= 15 is 0 Å². The van der Waals surface area contributed by atoms with Crippen LogP contribution in [0.2, 0.25) is 0 Å². The number of rotatable bonds is 5. The number of piperidine rings is 1. The van der Waals surface area contributed by atoms with Gasteiger partial charge >= 0.3 is 0 Å². The first-order valence-corrected chi connectivity index (χ1v) is 12.0. The Morgan fingerprint density at radius 2 is 1.89 bits per heavy atom. The molecule has 0 spiro atoms. The van der Waals surface area contributed by atoms with Crippen molar-refractivity contribution in [2.45, 2.75) is 24.9 Å². The molecule has 2 aliphatic heterocycles. The van der Waals surface area contributed by atoms with E-state index in [9.17, 15) is 18.0 Å². The Hall–Kier alpha value is -3.93. The molecule has 2 fully saturated rings. The third-order valence-electron chi connectivity index (χ3n) is 7.31. The number of likely N-dealkylation sites (tertiary alicyclic amines) is 2. The van der Waals surface area contributed by atoms with E-state index < -0.39 is 34.7 Å². The average molecular weight is 512 g/mol. The Bertz CT molecular complexity index is 1470. The van der Waals surface area contributed by atoms with Crippen molar-refractivity contribution in [3.8, 4) is 17.0 Å². The number of halogens is 3. The van der Waals surface area contributed by atoms with Crippen molar-refractivity contribution >= 4 is 16.9 Å². The Morgan fingerprint density at radius 1 is 1.11 bits per heavy atom. The van der Waals surface area contributed by atoms with Crippen LogP contribution in [0.3, 0.4) is 0 Å². The maximum atomic E-state index is 14.6. The van der Waals surface area contributed by atoms with Crippen LogP contribution in [0.4, 0.5) is 13.2 Å². The molecule has 1 N–H and O–H groups in total. The lowest BCUT2D eigenvalue weighted by molar-refractivity contribution is 0.0196. The van der Waals surface area contributed by atoms with Gasteiger partial charge in [0.1, 0.15) is 12.0 Å². The number of hydrogen-bond acceptors (Lipinski definition) is 6. The summed E-state index contributed by atoms with van der Waals surface area (Å²) in [6.45, 7) is 2.46. The van der Waals surface area contributed by atoms with E-state index in [4.69, 9.17) is 0 Å². The molecule has 2 aliphatic rings. The van der Waals surface area contributed by atoms with Crippen molar-refractivity contribution < 1.29 is 22.7 Å². The number of benzene rings is 1. The molecule has 3 aromatic heterocycles. The predicted molar refractivity (Wildman–Crippen MR) is 128 cm³/mol. The second kappa shape index (κ2) is 9.18. The number of aromatic amines is 1. The molecule has 6 rings (SSSR count). The van der Waals surface area contributed by atoms with Gasteiger partial charge in [-0.3, -0.25) is 14.4 Å². The van der Waals surface area contributed by atoms with Crippen LogP contribution < -0.4 is 4.74 Å². The van der Waals surface area contributed by atoms with Gasteiger partial charge in [0, 0.05) is 55.6 Å². The van der Waals surface area contributed by atoms with Gasteiger partial charge in [-0.05, 0) is 25.0 Å². The minimum absolute atomic E-state index is 0.237. The summed E-state index contributed by atoms with van der Waals surface area (Å²) in [7, 11) is 1.03. The Balaban J connectivity index is 1.06. The van der Waals surface area contributed by atoms with E-state index in [1.807, 2.05) is 29.3 Å². The van der Waals surface area contributed by atoms with E-state index in [0.717, 1.165) is 42.5 Å². The van der Waals surface area contributed by atoms with Gasteiger partial charge in [-0.1, -0.05) is 0 Å². The summed E-state index contributed by atoms with van der Waals surface area (Å²) in [5.74, 6) is -5.50. The summed E-state index contributed by atoms with van der Waals surface area (Å²) in [4.78, 5) is 28.4. The molecule has 0 bridgehead atoms. The van der Waals surface area contributed by atoms with Crippen LogP contribution in [0, 0.1) is 17.5 Å². The molecule has 192 valence electrons. The highest BCUT2D eigenvalue weighted by Gasteiger charge is 2.37. The third-order valence-corrected chi connectivity index (χ3v) is 7.31. The van der Waals surface area contributed by atoms with Gasteiger partial charge in [0.25, 0.3) is 5.91 Å². The first-order chi connectivity index (χ1) is 17.9. The van der Waals surface area contributed by atoms with E-state index in [0.29, 0.717) is 32.0 Å². The molecular weight excluding hydrogens is 487 g/mol. The van der Waals surface area contributed by atoms with Crippen LogP contribution in [0.25, 0.3) is 22.3 Å². The number of nitrogens with one attached hydrogen (secondary N) is 1. The molecule has 37 heavy (non-hydrogen) atoms. The van der Waals surface area contributed by atoms with Gasteiger partial charge in [0.2, 0.25) is 5.82 Å². The highest BCUT2D eigenvalue weighted by Crippen LogP contribution is 2.32. The van der Waals surface area contributed by atoms with Crippen LogP contribution in [0.1, 0.15) is 29.2 Å². The summed E-state index contributed by atoms with van der Waals surface area (Å²) in [6, 6.07) is 3.06. The molecule has 0 aliphatic carbocycles. The zero-order valence-electron chi connectivity index (χ0n) is 20.0. The summed E-state index contributed by atoms with van der Waals surface area (Å²) >= 11 is 0. The van der Waals surface area contributed by atoms with Crippen molar-refractivity contribution in [2.75, 3.05) is 33.3 Å². The van der Waals surface area contributed by atoms with Gasteiger partial charge in [-0.2, -0.15) is 9.49 Å². The molecule has 2 saturated heterocycles. The van der Waals surface area contributed by atoms with Crippen molar-refractivity contribution in [2.24, 2.45) is 0 Å². The molecule has 12 heteroatoms. The molecule has 0 saturated carbocycles. The van der Waals surface area contributed by atoms with Gasteiger partial charge in [0.05, 0.1) is 30.6 Å². The van der Waals surface area contributed by atoms with Gasteiger partial charge in [-0.15, -0.1) is 0 Å². The number of methoxy groups -OCH3 is 1. The number of amides is 1. The monoisotopic (exact) mass is 511 g/mol. The van der Waals surface area contributed by atoms with Gasteiger partial charge in [-0.25, -0.2) is 18.7 Å². The van der Waals surface area contributed by atoms with E-state index in [1.54, 1.807) is 0 Å². The topological polar surface area (TPSA) is 92.2 Å². The molecule has 0 radical (unpaired) electrons. The number of carbonyl (C=O) groups is 1. The van der Waals surface area contributed by atoms with E-state index in [1.165, 1.54) is 11.2 Å². The first-order valence-electron chi connectivity index (χ1n) is 12.0. The maximum absolute atomic E-state index is 14.6. The van der Waals surface area contributed by atoms with Crippen LogP contribution in [0.15, 0.2) is 37.1 Å². The predicted octanol–water partition coefficient (Wildman–Crippen LogP) is 3.41. The minimum Gasteiger partial charge on any atom is -0.491 e. The molecule has 4 aromatic rings. The number of carbonyl (C=O) groups excluding carboxylic acids is 1. The van der Waals surface area contributed by atoms with E-state index in [2.05, 4.69) is 29.7 Å². The summed E-state index contributed by atoms with van der Waals surface area (Å²) in [6.07, 6.45) is 8.60. The fourth-order valence-corrected chi connectivity index (χ4v) is 5.24. The molecule has 0 unspecified atom stereocenters. The number of nitrogens with zero attached hydrogens (tertiary/aromatic N) is 6. The number of ether oxygens (including phenoxy) is 1. The molecule has 1 aromatic carbocycles. The number of aromatic nitrogens is 5. The summed E-state index contributed by atoms with van der Waals surface area (Å²) < 4.78 is 48.7. The first kappa shape index (κ1) is 23.5. The van der Waals surface area contributed by atoms with Crippen molar-refractivity contribution in [1.82, 2.24) is 34.5 Å². The highest BCUT2D eigenvalue weighted by molar-refractivity contribution is 5.95. The fraction of sp³-hybridized carbons (Fsp3) is 0.360. The van der Waals surface area contributed by atoms with Crippen molar-refractivity contribution in [3.63, 3.8) is 0 Å². The molecular formula is C25H24F3N7O2. The van der Waals surface area contributed by atoms with Crippen molar-refractivity contribution in [3.05, 3.63) is 60.1 Å². The Morgan fingerprint density at radius 3 is 2.65 bits per heavy atom. The van der Waals surface area contributed by atoms with Gasteiger partial charge < -0.3 is 14.6 Å². The lowest BCUT2D eigenvalue weighted by Gasteiger charge is -2.47. The van der Waals surface area contributed by atoms with Crippen LogP contribution in [-0.4, -0.2) is 79.8 Å².